The highest BCUT2D eigenvalue weighted by Gasteiger charge is 2.26. The molecule has 0 bridgehead atoms. The number of ether oxygens (including phenoxy) is 2. The Bertz CT molecular complexity index is 485. The first-order chi connectivity index (χ1) is 7.93. The van der Waals surface area contributed by atoms with Crippen molar-refractivity contribution in [3.05, 3.63) is 26.1 Å². The summed E-state index contributed by atoms with van der Waals surface area (Å²) in [5.74, 6) is -1.16. The molecule has 1 heterocycles. The third-order valence-electron chi connectivity index (χ3n) is 2.42. The van der Waals surface area contributed by atoms with Gasteiger partial charge in [-0.15, -0.1) is 0 Å². The zero-order valence-corrected chi connectivity index (χ0v) is 12.1. The second-order valence-electron chi connectivity index (χ2n) is 3.35. The van der Waals surface area contributed by atoms with E-state index in [1.54, 1.807) is 13.8 Å². The van der Waals surface area contributed by atoms with Gasteiger partial charge in [-0.3, -0.25) is 0 Å². The van der Waals surface area contributed by atoms with Gasteiger partial charge in [0.2, 0.25) is 0 Å². The van der Waals surface area contributed by atoms with Crippen LogP contribution in [0.1, 0.15) is 32.0 Å². The van der Waals surface area contributed by atoms with Crippen molar-refractivity contribution in [3.63, 3.8) is 0 Å². The van der Waals surface area contributed by atoms with Crippen LogP contribution in [0.25, 0.3) is 0 Å². The van der Waals surface area contributed by atoms with Crippen LogP contribution in [-0.4, -0.2) is 31.1 Å². The molecule has 92 valence electrons. The second kappa shape index (κ2) is 5.44. The molecule has 0 atom stereocenters. The van der Waals surface area contributed by atoms with Gasteiger partial charge < -0.3 is 9.47 Å². The van der Waals surface area contributed by atoms with Crippen molar-refractivity contribution in [2.45, 2.75) is 13.8 Å². The molecule has 0 fully saturated rings. The van der Waals surface area contributed by atoms with E-state index in [0.717, 1.165) is 0 Å². The zero-order chi connectivity index (χ0) is 13.2. The number of hydrogen-bond acceptors (Lipinski definition) is 5. The summed E-state index contributed by atoms with van der Waals surface area (Å²) in [7, 11) is 2.53. The van der Waals surface area contributed by atoms with E-state index < -0.39 is 11.9 Å². The van der Waals surface area contributed by atoms with Crippen molar-refractivity contribution in [2.75, 3.05) is 14.2 Å². The maximum absolute atomic E-state index is 11.7. The molecule has 0 saturated carbocycles. The number of carbonyl (C=O) groups is 2. The monoisotopic (exact) mass is 349 g/mol. The van der Waals surface area contributed by atoms with E-state index in [0.29, 0.717) is 15.0 Å². The van der Waals surface area contributed by atoms with E-state index in [-0.39, 0.29) is 11.1 Å². The summed E-state index contributed by atoms with van der Waals surface area (Å²) in [6.45, 7) is 3.49. The van der Waals surface area contributed by atoms with Crippen molar-refractivity contribution < 1.29 is 19.1 Å². The number of halogens is 1. The van der Waals surface area contributed by atoms with Crippen molar-refractivity contribution >= 4 is 34.5 Å². The summed E-state index contributed by atoms with van der Waals surface area (Å²) in [6.07, 6.45) is 0. The van der Waals surface area contributed by atoms with Crippen LogP contribution >= 0.6 is 22.6 Å². The van der Waals surface area contributed by atoms with Gasteiger partial charge in [-0.25, -0.2) is 14.6 Å². The van der Waals surface area contributed by atoms with Gasteiger partial charge in [0.15, 0.2) is 0 Å². The summed E-state index contributed by atoms with van der Waals surface area (Å²) in [6, 6.07) is 0. The molecule has 0 aliphatic rings. The van der Waals surface area contributed by atoms with Crippen molar-refractivity contribution in [3.8, 4) is 0 Å². The smallest absolute Gasteiger partial charge is 0.341 e. The van der Waals surface area contributed by atoms with Gasteiger partial charge in [-0.05, 0) is 42.0 Å². The van der Waals surface area contributed by atoms with Crippen LogP contribution in [0.15, 0.2) is 0 Å². The maximum Gasteiger partial charge on any atom is 0.341 e. The minimum absolute atomic E-state index is 0.156. The molecule has 1 rings (SSSR count). The summed E-state index contributed by atoms with van der Waals surface area (Å²) in [5, 5.41) is 0. The first kappa shape index (κ1) is 13.9. The lowest BCUT2D eigenvalue weighted by atomic mass is 10.0. The SMILES string of the molecule is COC(=O)c1c(I)nc(C)c(C)c1C(=O)OC. The van der Waals surface area contributed by atoms with E-state index in [2.05, 4.69) is 14.5 Å². The highest BCUT2D eigenvalue weighted by atomic mass is 127. The van der Waals surface area contributed by atoms with Crippen LogP contribution in [0.2, 0.25) is 0 Å². The molecular formula is C11H12INO4. The zero-order valence-electron chi connectivity index (χ0n) is 9.96. The number of aromatic nitrogens is 1. The van der Waals surface area contributed by atoms with Crippen molar-refractivity contribution in [1.82, 2.24) is 4.98 Å². The van der Waals surface area contributed by atoms with E-state index in [1.807, 2.05) is 22.6 Å². The molecule has 0 N–H and O–H groups in total. The standard InChI is InChI=1S/C11H12INO4/c1-5-6(2)13-9(12)8(11(15)17-4)7(5)10(14)16-3/h1-4H3. The Kier molecular flexibility index (Phi) is 4.44. The molecule has 5 nitrogen and oxygen atoms in total. The van der Waals surface area contributed by atoms with E-state index in [9.17, 15) is 9.59 Å². The second-order valence-corrected chi connectivity index (χ2v) is 4.37. The Balaban J connectivity index is 3.61. The fourth-order valence-electron chi connectivity index (χ4n) is 1.40. The molecule has 1 aromatic rings. The molecule has 0 unspecified atom stereocenters. The topological polar surface area (TPSA) is 65.5 Å². The third-order valence-corrected chi connectivity index (χ3v) is 3.20. The molecule has 0 spiro atoms. The van der Waals surface area contributed by atoms with E-state index >= 15 is 0 Å². The average molecular weight is 349 g/mol. The number of nitrogens with zero attached hydrogens (tertiary/aromatic N) is 1. The largest absolute Gasteiger partial charge is 0.465 e. The molecule has 0 aromatic carbocycles. The van der Waals surface area contributed by atoms with Gasteiger partial charge in [0, 0.05) is 5.69 Å². The predicted molar refractivity (Wildman–Crippen MR) is 69.1 cm³/mol. The summed E-state index contributed by atoms with van der Waals surface area (Å²) in [4.78, 5) is 27.6. The molecule has 0 radical (unpaired) electrons. The van der Waals surface area contributed by atoms with Crippen molar-refractivity contribution in [2.24, 2.45) is 0 Å². The summed E-state index contributed by atoms with van der Waals surface area (Å²) in [5.41, 5.74) is 1.68. The third kappa shape index (κ3) is 2.56. The minimum atomic E-state index is -0.592. The first-order valence-electron chi connectivity index (χ1n) is 4.77. The normalized spacial score (nSPS) is 9.94. The molecule has 0 saturated heterocycles. The van der Waals surface area contributed by atoms with Gasteiger partial charge in [0.1, 0.15) is 9.26 Å². The number of carbonyl (C=O) groups excluding carboxylic acids is 2. The fourth-order valence-corrected chi connectivity index (χ4v) is 2.26. The Morgan fingerprint density at radius 3 is 2.00 bits per heavy atom. The Hall–Kier alpha value is -1.18. The molecule has 0 aliphatic carbocycles. The Labute approximate surface area is 113 Å². The molecule has 0 amide bonds. The quantitative estimate of drug-likeness (QED) is 0.463. The molecule has 1 aromatic heterocycles. The van der Waals surface area contributed by atoms with Crippen LogP contribution in [0.4, 0.5) is 0 Å². The highest BCUT2D eigenvalue weighted by Crippen LogP contribution is 2.23. The molecule has 17 heavy (non-hydrogen) atoms. The van der Waals surface area contributed by atoms with Crippen LogP contribution in [0, 0.1) is 17.5 Å². The lowest BCUT2D eigenvalue weighted by Gasteiger charge is -2.12. The first-order valence-corrected chi connectivity index (χ1v) is 5.85. The fraction of sp³-hybridized carbons (Fsp3) is 0.364. The van der Waals surface area contributed by atoms with Gasteiger partial charge in [-0.2, -0.15) is 0 Å². The van der Waals surface area contributed by atoms with Gasteiger partial charge in [0.05, 0.1) is 19.8 Å². The van der Waals surface area contributed by atoms with Crippen molar-refractivity contribution in [1.29, 1.82) is 0 Å². The molecule has 0 aliphatic heterocycles. The van der Waals surface area contributed by atoms with Crippen LogP contribution < -0.4 is 0 Å². The van der Waals surface area contributed by atoms with Gasteiger partial charge in [-0.1, -0.05) is 0 Å². The lowest BCUT2D eigenvalue weighted by molar-refractivity contribution is 0.0552. The average Bonchev–Trinajstić information content (AvgIpc) is 2.31. The van der Waals surface area contributed by atoms with E-state index in [4.69, 9.17) is 0 Å². The predicted octanol–water partition coefficient (Wildman–Crippen LogP) is 1.88. The molecule has 6 heteroatoms. The summed E-state index contributed by atoms with van der Waals surface area (Å²) >= 11 is 1.90. The highest BCUT2D eigenvalue weighted by molar-refractivity contribution is 14.1. The van der Waals surface area contributed by atoms with Crippen LogP contribution in [0.5, 0.6) is 0 Å². The van der Waals surface area contributed by atoms with E-state index in [1.165, 1.54) is 14.2 Å². The summed E-state index contributed by atoms with van der Waals surface area (Å²) < 4.78 is 9.77. The Morgan fingerprint density at radius 2 is 1.53 bits per heavy atom. The lowest BCUT2D eigenvalue weighted by Crippen LogP contribution is -2.17. The molecular weight excluding hydrogens is 337 g/mol. The van der Waals surface area contributed by atoms with Gasteiger partial charge >= 0.3 is 11.9 Å². The van der Waals surface area contributed by atoms with Gasteiger partial charge in [0.25, 0.3) is 0 Å². The number of aryl methyl sites for hydroxylation is 1. The van der Waals surface area contributed by atoms with Crippen LogP contribution in [0.3, 0.4) is 0 Å². The minimum Gasteiger partial charge on any atom is -0.465 e. The van der Waals surface area contributed by atoms with Crippen LogP contribution in [-0.2, 0) is 9.47 Å². The number of esters is 2. The number of pyridine rings is 1. The number of hydrogen-bond donors (Lipinski definition) is 0. The Morgan fingerprint density at radius 1 is 1.06 bits per heavy atom. The number of methoxy groups -OCH3 is 2. The maximum atomic E-state index is 11.7. The number of rotatable bonds is 2.